The second-order valence-electron chi connectivity index (χ2n) is 2.62. The molecule has 2 N–H and O–H groups in total. The van der Waals surface area contributed by atoms with Crippen molar-refractivity contribution in [2.75, 3.05) is 13.7 Å². The molecule has 0 aliphatic carbocycles. The van der Waals surface area contributed by atoms with Crippen LogP contribution in [0.5, 0.6) is 0 Å². The van der Waals surface area contributed by atoms with Gasteiger partial charge >= 0.3 is 0 Å². The molecular weight excluding hydrogens is 132 g/mol. The molecular formula is C7H16O3. The van der Waals surface area contributed by atoms with E-state index in [1.807, 2.05) is 6.92 Å². The van der Waals surface area contributed by atoms with Gasteiger partial charge < -0.3 is 14.9 Å². The molecule has 0 aliphatic rings. The lowest BCUT2D eigenvalue weighted by molar-refractivity contribution is -0.223. The number of hydrogen-bond donors (Lipinski definition) is 2. The minimum absolute atomic E-state index is 0.0258. The Morgan fingerprint density at radius 1 is 1.50 bits per heavy atom. The lowest BCUT2D eigenvalue weighted by Crippen LogP contribution is -2.40. The van der Waals surface area contributed by atoms with E-state index in [4.69, 9.17) is 0 Å². The first-order chi connectivity index (χ1) is 4.54. The van der Waals surface area contributed by atoms with Crippen molar-refractivity contribution in [3.8, 4) is 0 Å². The largest absolute Gasteiger partial charge is 0.379 e. The Morgan fingerprint density at radius 3 is 2.30 bits per heavy atom. The summed E-state index contributed by atoms with van der Waals surface area (Å²) in [4.78, 5) is 0. The zero-order valence-corrected chi connectivity index (χ0v) is 6.79. The highest BCUT2D eigenvalue weighted by molar-refractivity contribution is 4.69. The van der Waals surface area contributed by atoms with Gasteiger partial charge in [-0.25, -0.2) is 0 Å². The van der Waals surface area contributed by atoms with Gasteiger partial charge in [0.05, 0.1) is 0 Å². The van der Waals surface area contributed by atoms with Crippen molar-refractivity contribution in [1.82, 2.24) is 0 Å². The zero-order valence-electron chi connectivity index (χ0n) is 6.79. The monoisotopic (exact) mass is 148 g/mol. The van der Waals surface area contributed by atoms with E-state index in [-0.39, 0.29) is 12.5 Å². The van der Waals surface area contributed by atoms with Gasteiger partial charge in [0.15, 0.2) is 5.79 Å². The van der Waals surface area contributed by atoms with Gasteiger partial charge in [-0.15, -0.1) is 0 Å². The van der Waals surface area contributed by atoms with Crippen LogP contribution in [0, 0.1) is 5.92 Å². The van der Waals surface area contributed by atoms with Crippen molar-refractivity contribution in [2.24, 2.45) is 5.92 Å². The first-order valence-electron chi connectivity index (χ1n) is 3.48. The van der Waals surface area contributed by atoms with Crippen molar-refractivity contribution >= 4 is 0 Å². The molecule has 62 valence electrons. The second kappa shape index (κ2) is 3.91. The van der Waals surface area contributed by atoms with E-state index in [1.54, 1.807) is 6.92 Å². The summed E-state index contributed by atoms with van der Waals surface area (Å²) >= 11 is 0. The molecule has 0 aromatic rings. The molecule has 3 nitrogen and oxygen atoms in total. The van der Waals surface area contributed by atoms with Gasteiger partial charge in [0, 0.05) is 13.0 Å². The topological polar surface area (TPSA) is 49.7 Å². The van der Waals surface area contributed by atoms with Crippen LogP contribution in [-0.4, -0.2) is 29.7 Å². The maximum Gasteiger partial charge on any atom is 0.189 e. The average molecular weight is 148 g/mol. The fourth-order valence-electron chi connectivity index (χ4n) is 0.682. The summed E-state index contributed by atoms with van der Waals surface area (Å²) in [6.07, 6.45) is 0.732. The van der Waals surface area contributed by atoms with Crippen molar-refractivity contribution in [1.29, 1.82) is 0 Å². The predicted molar refractivity (Wildman–Crippen MR) is 38.5 cm³/mol. The van der Waals surface area contributed by atoms with Gasteiger partial charge in [-0.3, -0.25) is 0 Å². The molecule has 0 spiro atoms. The summed E-state index contributed by atoms with van der Waals surface area (Å²) in [6.45, 7) is 3.66. The molecule has 0 rings (SSSR count). The van der Waals surface area contributed by atoms with Gasteiger partial charge in [0.2, 0.25) is 0 Å². The lowest BCUT2D eigenvalue weighted by atomic mass is 9.99. The Morgan fingerprint density at radius 2 is 2.00 bits per heavy atom. The molecule has 0 radical (unpaired) electrons. The van der Waals surface area contributed by atoms with Crippen molar-refractivity contribution in [3.63, 3.8) is 0 Å². The third-order valence-electron chi connectivity index (χ3n) is 1.76. The fourth-order valence-corrected chi connectivity index (χ4v) is 0.682. The van der Waals surface area contributed by atoms with Gasteiger partial charge in [0.1, 0.15) is 6.61 Å². The minimum Gasteiger partial charge on any atom is -0.379 e. The normalized spacial score (nSPS) is 15.3. The SMILES string of the molecule is CCC(C)C(O)(O)COC. The van der Waals surface area contributed by atoms with E-state index >= 15 is 0 Å². The van der Waals surface area contributed by atoms with E-state index in [2.05, 4.69) is 4.74 Å². The number of methoxy groups -OCH3 is 1. The Bertz CT molecular complexity index is 90.9. The molecule has 1 unspecified atom stereocenters. The molecule has 1 atom stereocenters. The number of hydrogen-bond acceptors (Lipinski definition) is 3. The molecule has 0 saturated heterocycles. The molecule has 0 heterocycles. The van der Waals surface area contributed by atoms with E-state index in [0.29, 0.717) is 0 Å². The summed E-state index contributed by atoms with van der Waals surface area (Å²) in [5.41, 5.74) is 0. The van der Waals surface area contributed by atoms with Crippen molar-refractivity contribution in [3.05, 3.63) is 0 Å². The van der Waals surface area contributed by atoms with Crippen LogP contribution in [0.4, 0.5) is 0 Å². The van der Waals surface area contributed by atoms with Gasteiger partial charge in [0.25, 0.3) is 0 Å². The third kappa shape index (κ3) is 2.64. The van der Waals surface area contributed by atoms with Crippen LogP contribution in [0.15, 0.2) is 0 Å². The van der Waals surface area contributed by atoms with Gasteiger partial charge in [-0.1, -0.05) is 13.8 Å². The first-order valence-corrected chi connectivity index (χ1v) is 3.48. The average Bonchev–Trinajstić information content (AvgIpc) is 1.86. The van der Waals surface area contributed by atoms with E-state index in [0.717, 1.165) is 6.42 Å². The Kier molecular flexibility index (Phi) is 3.86. The smallest absolute Gasteiger partial charge is 0.189 e. The molecule has 3 heteroatoms. The highest BCUT2D eigenvalue weighted by Crippen LogP contribution is 2.16. The van der Waals surface area contributed by atoms with Gasteiger partial charge in [-0.2, -0.15) is 0 Å². The molecule has 0 aliphatic heterocycles. The minimum atomic E-state index is -1.66. The van der Waals surface area contributed by atoms with Gasteiger partial charge in [-0.05, 0) is 6.42 Å². The van der Waals surface area contributed by atoms with Crippen LogP contribution in [0.25, 0.3) is 0 Å². The molecule has 10 heavy (non-hydrogen) atoms. The summed E-state index contributed by atoms with van der Waals surface area (Å²) in [7, 11) is 1.45. The number of ether oxygens (including phenoxy) is 1. The van der Waals surface area contributed by atoms with Crippen LogP contribution < -0.4 is 0 Å². The van der Waals surface area contributed by atoms with Crippen LogP contribution >= 0.6 is 0 Å². The lowest BCUT2D eigenvalue weighted by Gasteiger charge is -2.26. The summed E-state index contributed by atoms with van der Waals surface area (Å²) in [5, 5.41) is 18.4. The first kappa shape index (κ1) is 9.88. The Hall–Kier alpha value is -0.120. The quantitative estimate of drug-likeness (QED) is 0.566. The van der Waals surface area contributed by atoms with E-state index in [1.165, 1.54) is 7.11 Å². The van der Waals surface area contributed by atoms with Crippen LogP contribution in [0.1, 0.15) is 20.3 Å². The zero-order chi connectivity index (χ0) is 8.20. The summed E-state index contributed by atoms with van der Waals surface area (Å²) in [6, 6.07) is 0. The van der Waals surface area contributed by atoms with Crippen LogP contribution in [-0.2, 0) is 4.74 Å². The Balaban J connectivity index is 3.82. The molecule has 0 saturated carbocycles. The number of aliphatic hydroxyl groups is 2. The Labute approximate surface area is 61.6 Å². The molecule has 0 aromatic heterocycles. The van der Waals surface area contributed by atoms with Crippen LogP contribution in [0.2, 0.25) is 0 Å². The second-order valence-corrected chi connectivity index (χ2v) is 2.62. The maximum atomic E-state index is 9.21. The molecule has 0 bridgehead atoms. The molecule has 0 amide bonds. The van der Waals surface area contributed by atoms with E-state index < -0.39 is 5.79 Å². The standard InChI is InChI=1S/C7H16O3/c1-4-6(2)7(8,9)5-10-3/h6,8-9H,4-5H2,1-3H3. The van der Waals surface area contributed by atoms with Crippen molar-refractivity contribution < 1.29 is 14.9 Å². The summed E-state index contributed by atoms with van der Waals surface area (Å²) < 4.78 is 4.63. The molecule has 0 aromatic carbocycles. The molecule has 0 fully saturated rings. The highest BCUT2D eigenvalue weighted by atomic mass is 16.6. The maximum absolute atomic E-state index is 9.21. The van der Waals surface area contributed by atoms with Crippen LogP contribution in [0.3, 0.4) is 0 Å². The third-order valence-corrected chi connectivity index (χ3v) is 1.76. The fraction of sp³-hybridized carbons (Fsp3) is 1.00. The highest BCUT2D eigenvalue weighted by Gasteiger charge is 2.29. The predicted octanol–water partition coefficient (Wildman–Crippen LogP) is 0.360. The summed E-state index contributed by atoms with van der Waals surface area (Å²) in [5.74, 6) is -1.81. The van der Waals surface area contributed by atoms with E-state index in [9.17, 15) is 10.2 Å². The van der Waals surface area contributed by atoms with Crippen molar-refractivity contribution in [2.45, 2.75) is 26.1 Å². The number of rotatable bonds is 4.